The van der Waals surface area contributed by atoms with Crippen molar-refractivity contribution in [2.75, 3.05) is 0 Å². The summed E-state index contributed by atoms with van der Waals surface area (Å²) in [6.45, 7) is 2.36. The van der Waals surface area contributed by atoms with Gasteiger partial charge in [-0.2, -0.15) is 0 Å². The van der Waals surface area contributed by atoms with E-state index in [1.54, 1.807) is 6.07 Å². The number of nitrogens with two attached hydrogens (primary N) is 1. The summed E-state index contributed by atoms with van der Waals surface area (Å²) in [6, 6.07) is 11.5. The zero-order chi connectivity index (χ0) is 16.8. The Labute approximate surface area is 142 Å². The van der Waals surface area contributed by atoms with Crippen molar-refractivity contribution in [3.05, 3.63) is 63.3 Å². The molecule has 4 rings (SSSR count). The minimum Gasteiger partial charge on any atom is -0.507 e. The molecule has 2 aromatic carbocycles. The van der Waals surface area contributed by atoms with E-state index < -0.39 is 0 Å². The first kappa shape index (κ1) is 14.9. The van der Waals surface area contributed by atoms with Crippen LogP contribution in [0.25, 0.3) is 32.1 Å². The van der Waals surface area contributed by atoms with Crippen LogP contribution in [0.5, 0.6) is 5.75 Å². The van der Waals surface area contributed by atoms with Crippen molar-refractivity contribution >= 4 is 32.3 Å². The Morgan fingerprint density at radius 1 is 1.21 bits per heavy atom. The predicted octanol–water partition coefficient (Wildman–Crippen LogP) is 3.88. The number of hydrogen-bond donors (Lipinski definition) is 3. The zero-order valence-electron chi connectivity index (χ0n) is 13.1. The average molecular weight is 336 g/mol. The van der Waals surface area contributed by atoms with Crippen LogP contribution >= 0.6 is 11.3 Å². The predicted molar refractivity (Wildman–Crippen MR) is 99.7 cm³/mol. The molecule has 0 unspecified atom stereocenters. The van der Waals surface area contributed by atoms with E-state index in [0.29, 0.717) is 11.2 Å². The van der Waals surface area contributed by atoms with Crippen LogP contribution in [-0.4, -0.2) is 10.1 Å². The molecule has 24 heavy (non-hydrogen) atoms. The number of thiophene rings is 1. The van der Waals surface area contributed by atoms with Gasteiger partial charge in [0.15, 0.2) is 0 Å². The van der Waals surface area contributed by atoms with Gasteiger partial charge < -0.3 is 15.8 Å². The molecule has 4 aromatic rings. The van der Waals surface area contributed by atoms with Crippen LogP contribution in [0, 0.1) is 6.92 Å². The SMILES string of the molecule is Cc1cc(O)c(-c2ccc(CN)cc2)c2c1[nH]c(=O)c1sccc12. The second-order valence-electron chi connectivity index (χ2n) is 5.86. The van der Waals surface area contributed by atoms with Crippen molar-refractivity contribution < 1.29 is 5.11 Å². The van der Waals surface area contributed by atoms with Gasteiger partial charge in [-0.25, -0.2) is 0 Å². The molecule has 0 saturated heterocycles. The van der Waals surface area contributed by atoms with Gasteiger partial charge in [-0.3, -0.25) is 4.79 Å². The number of aryl methyl sites for hydroxylation is 1. The van der Waals surface area contributed by atoms with Gasteiger partial charge in [0.25, 0.3) is 5.56 Å². The molecule has 0 aliphatic heterocycles. The van der Waals surface area contributed by atoms with E-state index in [4.69, 9.17) is 5.73 Å². The van der Waals surface area contributed by atoms with Crippen LogP contribution in [0.1, 0.15) is 11.1 Å². The highest BCUT2D eigenvalue weighted by Gasteiger charge is 2.17. The number of aromatic nitrogens is 1. The molecule has 4 nitrogen and oxygen atoms in total. The minimum absolute atomic E-state index is 0.0919. The number of pyridine rings is 1. The van der Waals surface area contributed by atoms with Gasteiger partial charge in [-0.05, 0) is 41.1 Å². The molecule has 5 heteroatoms. The number of hydrogen-bond acceptors (Lipinski definition) is 4. The van der Waals surface area contributed by atoms with Crippen LogP contribution in [0.2, 0.25) is 0 Å². The van der Waals surface area contributed by atoms with Crippen molar-refractivity contribution in [2.24, 2.45) is 5.73 Å². The summed E-state index contributed by atoms with van der Waals surface area (Å²) < 4.78 is 0.673. The third kappa shape index (κ3) is 2.13. The molecule has 0 aliphatic rings. The van der Waals surface area contributed by atoms with Gasteiger partial charge in [0.05, 0.1) is 5.52 Å². The minimum atomic E-state index is -0.0919. The second kappa shape index (κ2) is 5.47. The van der Waals surface area contributed by atoms with Gasteiger partial charge >= 0.3 is 0 Å². The van der Waals surface area contributed by atoms with E-state index in [9.17, 15) is 9.90 Å². The number of H-pyrrole nitrogens is 1. The lowest BCUT2D eigenvalue weighted by Gasteiger charge is -2.13. The fourth-order valence-corrected chi connectivity index (χ4v) is 3.98. The molecule has 2 aromatic heterocycles. The molecule has 0 radical (unpaired) electrons. The van der Waals surface area contributed by atoms with Gasteiger partial charge in [-0.1, -0.05) is 24.3 Å². The molecule has 120 valence electrons. The van der Waals surface area contributed by atoms with E-state index in [1.165, 1.54) is 11.3 Å². The van der Waals surface area contributed by atoms with Gasteiger partial charge in [0.1, 0.15) is 10.4 Å². The molecule has 0 spiro atoms. The number of aromatic amines is 1. The summed E-state index contributed by atoms with van der Waals surface area (Å²) in [6.07, 6.45) is 0. The molecule has 4 N–H and O–H groups in total. The zero-order valence-corrected chi connectivity index (χ0v) is 13.9. The number of benzene rings is 2. The Morgan fingerprint density at radius 3 is 2.67 bits per heavy atom. The maximum Gasteiger partial charge on any atom is 0.266 e. The van der Waals surface area contributed by atoms with E-state index in [-0.39, 0.29) is 11.3 Å². The first-order valence-corrected chi connectivity index (χ1v) is 8.53. The number of phenolic OH excluding ortho intramolecular Hbond substituents is 1. The summed E-state index contributed by atoms with van der Waals surface area (Å²) in [4.78, 5) is 15.3. The fraction of sp³-hybridized carbons (Fsp3) is 0.105. The van der Waals surface area contributed by atoms with Crippen molar-refractivity contribution in [1.82, 2.24) is 4.98 Å². The quantitative estimate of drug-likeness (QED) is 0.520. The summed E-state index contributed by atoms with van der Waals surface area (Å²) >= 11 is 1.41. The van der Waals surface area contributed by atoms with E-state index in [2.05, 4.69) is 4.98 Å². The Hall–Kier alpha value is -2.63. The largest absolute Gasteiger partial charge is 0.507 e. The lowest BCUT2D eigenvalue weighted by atomic mass is 9.94. The number of aromatic hydroxyl groups is 1. The lowest BCUT2D eigenvalue weighted by Crippen LogP contribution is -2.05. The molecule has 0 saturated carbocycles. The second-order valence-corrected chi connectivity index (χ2v) is 6.77. The molecular formula is C19H16N2O2S. The number of fused-ring (bicyclic) bond motifs is 3. The van der Waals surface area contributed by atoms with Crippen LogP contribution in [0.4, 0.5) is 0 Å². The Kier molecular flexibility index (Phi) is 3.40. The number of rotatable bonds is 2. The Balaban J connectivity index is 2.18. The molecular weight excluding hydrogens is 320 g/mol. The maximum atomic E-state index is 12.3. The van der Waals surface area contributed by atoms with Crippen LogP contribution < -0.4 is 11.3 Å². The van der Waals surface area contributed by atoms with Gasteiger partial charge in [0, 0.05) is 22.9 Å². The third-order valence-electron chi connectivity index (χ3n) is 4.36. The molecule has 0 amide bonds. The van der Waals surface area contributed by atoms with Gasteiger partial charge in [0.2, 0.25) is 0 Å². The average Bonchev–Trinajstić information content (AvgIpc) is 3.07. The highest BCUT2D eigenvalue weighted by Crippen LogP contribution is 2.41. The molecule has 0 fully saturated rings. The first-order valence-electron chi connectivity index (χ1n) is 7.65. The molecule has 2 heterocycles. The maximum absolute atomic E-state index is 12.3. The van der Waals surface area contributed by atoms with E-state index in [1.807, 2.05) is 42.6 Å². The third-order valence-corrected chi connectivity index (χ3v) is 5.27. The summed E-state index contributed by atoms with van der Waals surface area (Å²) in [5.74, 6) is 0.208. The fourth-order valence-electron chi connectivity index (χ4n) is 3.18. The highest BCUT2D eigenvalue weighted by molar-refractivity contribution is 7.17. The molecule has 0 atom stereocenters. The van der Waals surface area contributed by atoms with Crippen molar-refractivity contribution in [3.8, 4) is 16.9 Å². The molecule has 0 aliphatic carbocycles. The molecule has 0 bridgehead atoms. The number of nitrogens with one attached hydrogen (secondary N) is 1. The summed E-state index contributed by atoms with van der Waals surface area (Å²) in [7, 11) is 0. The lowest BCUT2D eigenvalue weighted by molar-refractivity contribution is 0.477. The van der Waals surface area contributed by atoms with Gasteiger partial charge in [-0.15, -0.1) is 11.3 Å². The van der Waals surface area contributed by atoms with Crippen molar-refractivity contribution in [2.45, 2.75) is 13.5 Å². The normalized spacial score (nSPS) is 11.4. The first-order chi connectivity index (χ1) is 11.6. The summed E-state index contributed by atoms with van der Waals surface area (Å²) in [5.41, 5.74) is 9.85. The topological polar surface area (TPSA) is 79.1 Å². The summed E-state index contributed by atoms with van der Waals surface area (Å²) in [5, 5.41) is 14.3. The van der Waals surface area contributed by atoms with E-state index >= 15 is 0 Å². The Morgan fingerprint density at radius 2 is 1.96 bits per heavy atom. The highest BCUT2D eigenvalue weighted by atomic mass is 32.1. The number of phenols is 1. The standard InChI is InChI=1S/C19H16N2O2S/c1-10-8-14(22)15(12-4-2-11(9-20)3-5-12)16-13-6-7-24-18(13)19(23)21-17(10)16/h2-8,22H,9,20H2,1H3,(H,21,23). The van der Waals surface area contributed by atoms with E-state index in [0.717, 1.165) is 38.5 Å². The van der Waals surface area contributed by atoms with Crippen LogP contribution in [-0.2, 0) is 6.54 Å². The Bertz CT molecular complexity index is 1120. The monoisotopic (exact) mass is 336 g/mol. The van der Waals surface area contributed by atoms with Crippen molar-refractivity contribution in [3.63, 3.8) is 0 Å². The van der Waals surface area contributed by atoms with Crippen LogP contribution in [0.15, 0.2) is 46.6 Å². The van der Waals surface area contributed by atoms with Crippen LogP contribution in [0.3, 0.4) is 0 Å². The smallest absolute Gasteiger partial charge is 0.266 e. The van der Waals surface area contributed by atoms with Crippen molar-refractivity contribution in [1.29, 1.82) is 0 Å².